The molecule has 0 fully saturated rings. The van der Waals surface area contributed by atoms with Crippen molar-refractivity contribution in [2.24, 2.45) is 5.92 Å². The lowest BCUT2D eigenvalue weighted by Crippen LogP contribution is -2.21. The Labute approximate surface area is 123 Å². The highest BCUT2D eigenvalue weighted by molar-refractivity contribution is 5.73. The van der Waals surface area contributed by atoms with Crippen LogP contribution in [0.5, 0.6) is 0 Å². The van der Waals surface area contributed by atoms with Gasteiger partial charge in [-0.2, -0.15) is 13.2 Å². The Morgan fingerprint density at radius 3 is 1.71 bits per heavy atom. The zero-order valence-electron chi connectivity index (χ0n) is 12.6. The molecule has 0 bridgehead atoms. The first kappa shape index (κ1) is 22.0. The van der Waals surface area contributed by atoms with Crippen molar-refractivity contribution in [3.05, 3.63) is 0 Å². The van der Waals surface area contributed by atoms with Crippen LogP contribution in [0.4, 0.5) is 13.2 Å². The van der Waals surface area contributed by atoms with E-state index in [1.165, 1.54) is 32.1 Å². The van der Waals surface area contributed by atoms with Crippen molar-refractivity contribution >= 4 is 11.9 Å². The highest BCUT2D eigenvalue weighted by atomic mass is 19.4. The number of aliphatic carboxylic acids is 2. The molecule has 0 saturated heterocycles. The van der Waals surface area contributed by atoms with Gasteiger partial charge in [0.2, 0.25) is 0 Å². The fourth-order valence-corrected chi connectivity index (χ4v) is 1.67. The second-order valence-electron chi connectivity index (χ2n) is 4.80. The standard InChI is InChI=1S/C12H24O2.C2HF3O2/c1-3-5-6-7-8-9-10-11(4-2)12(13)14;3-2(4,5)1(6)7/h11H,3-10H2,1-2H3,(H,13,14);(H,6,7). The molecule has 0 aliphatic carbocycles. The van der Waals surface area contributed by atoms with E-state index < -0.39 is 18.1 Å². The minimum atomic E-state index is -5.08. The number of alkyl halides is 3. The number of unbranched alkanes of at least 4 members (excludes halogenated alkanes) is 5. The van der Waals surface area contributed by atoms with Gasteiger partial charge < -0.3 is 10.2 Å². The van der Waals surface area contributed by atoms with Gasteiger partial charge in [0, 0.05) is 0 Å². The van der Waals surface area contributed by atoms with Gasteiger partial charge in [-0.05, 0) is 12.8 Å². The summed E-state index contributed by atoms with van der Waals surface area (Å²) in [6.07, 6.45) is 3.98. The number of carboxylic acid groups (broad SMARTS) is 2. The summed E-state index contributed by atoms with van der Waals surface area (Å²) in [6, 6.07) is 0. The quantitative estimate of drug-likeness (QED) is 0.615. The molecule has 0 rings (SSSR count). The summed E-state index contributed by atoms with van der Waals surface area (Å²) in [5.41, 5.74) is 0. The topological polar surface area (TPSA) is 74.6 Å². The lowest BCUT2D eigenvalue weighted by atomic mass is 9.98. The Hall–Kier alpha value is -1.27. The Kier molecular flexibility index (Phi) is 13.1. The SMILES string of the molecule is CCCCCCCCC(CC)C(=O)O.O=C(O)C(F)(F)F. The van der Waals surface area contributed by atoms with E-state index in [0.717, 1.165) is 19.3 Å². The molecule has 0 aromatic heterocycles. The maximum atomic E-state index is 10.7. The highest BCUT2D eigenvalue weighted by Gasteiger charge is 2.38. The zero-order valence-corrected chi connectivity index (χ0v) is 12.6. The van der Waals surface area contributed by atoms with Crippen LogP contribution in [0.25, 0.3) is 0 Å². The van der Waals surface area contributed by atoms with E-state index in [4.69, 9.17) is 15.0 Å². The van der Waals surface area contributed by atoms with Crippen LogP contribution in [0.3, 0.4) is 0 Å². The first-order valence-electron chi connectivity index (χ1n) is 7.19. The minimum absolute atomic E-state index is 0.110. The van der Waals surface area contributed by atoms with Gasteiger partial charge in [0.1, 0.15) is 0 Å². The molecule has 2 N–H and O–H groups in total. The van der Waals surface area contributed by atoms with Gasteiger partial charge in [0.25, 0.3) is 0 Å². The van der Waals surface area contributed by atoms with Crippen molar-refractivity contribution < 1.29 is 33.0 Å². The molecule has 0 aromatic carbocycles. The molecule has 0 radical (unpaired) electrons. The van der Waals surface area contributed by atoms with E-state index in [0.29, 0.717) is 0 Å². The van der Waals surface area contributed by atoms with Gasteiger partial charge in [-0.1, -0.05) is 52.4 Å². The monoisotopic (exact) mass is 314 g/mol. The van der Waals surface area contributed by atoms with Crippen LogP contribution >= 0.6 is 0 Å². The van der Waals surface area contributed by atoms with E-state index in [1.807, 2.05) is 6.92 Å². The van der Waals surface area contributed by atoms with Crippen molar-refractivity contribution in [3.8, 4) is 0 Å². The molecule has 0 heterocycles. The number of halogens is 3. The molecule has 0 aliphatic heterocycles. The zero-order chi connectivity index (χ0) is 16.9. The second-order valence-corrected chi connectivity index (χ2v) is 4.80. The van der Waals surface area contributed by atoms with Crippen molar-refractivity contribution in [1.29, 1.82) is 0 Å². The van der Waals surface area contributed by atoms with Crippen LogP contribution in [-0.4, -0.2) is 28.3 Å². The number of hydrogen-bond acceptors (Lipinski definition) is 2. The maximum absolute atomic E-state index is 10.7. The average Bonchev–Trinajstić information content (AvgIpc) is 2.37. The normalized spacial score (nSPS) is 12.2. The predicted octanol–water partition coefficient (Wildman–Crippen LogP) is 4.48. The van der Waals surface area contributed by atoms with Gasteiger partial charge in [0.05, 0.1) is 5.92 Å². The molecule has 21 heavy (non-hydrogen) atoms. The summed E-state index contributed by atoms with van der Waals surface area (Å²) in [4.78, 5) is 19.6. The van der Waals surface area contributed by atoms with Crippen molar-refractivity contribution in [2.75, 3.05) is 0 Å². The van der Waals surface area contributed by atoms with Gasteiger partial charge in [-0.3, -0.25) is 4.79 Å². The highest BCUT2D eigenvalue weighted by Crippen LogP contribution is 2.15. The molecule has 1 unspecified atom stereocenters. The third-order valence-electron chi connectivity index (χ3n) is 2.99. The number of hydrogen-bond donors (Lipinski definition) is 2. The lowest BCUT2D eigenvalue weighted by molar-refractivity contribution is -0.192. The fraction of sp³-hybridized carbons (Fsp3) is 0.857. The first-order chi connectivity index (χ1) is 9.66. The maximum Gasteiger partial charge on any atom is 0.490 e. The third-order valence-corrected chi connectivity index (χ3v) is 2.99. The molecule has 0 spiro atoms. The van der Waals surface area contributed by atoms with E-state index in [9.17, 15) is 18.0 Å². The van der Waals surface area contributed by atoms with E-state index in [2.05, 4.69) is 6.92 Å². The summed E-state index contributed by atoms with van der Waals surface area (Å²) < 4.78 is 31.7. The van der Waals surface area contributed by atoms with Crippen LogP contribution in [0.15, 0.2) is 0 Å². The molecule has 0 amide bonds. The largest absolute Gasteiger partial charge is 0.490 e. The molecular weight excluding hydrogens is 289 g/mol. The third kappa shape index (κ3) is 14.9. The van der Waals surface area contributed by atoms with Crippen molar-refractivity contribution in [3.63, 3.8) is 0 Å². The van der Waals surface area contributed by atoms with Crippen LogP contribution in [0.1, 0.15) is 65.2 Å². The van der Waals surface area contributed by atoms with Crippen LogP contribution < -0.4 is 0 Å². The molecule has 7 heteroatoms. The van der Waals surface area contributed by atoms with Crippen molar-refractivity contribution in [2.45, 2.75) is 71.4 Å². The molecule has 1 atom stereocenters. The summed E-state index contributed by atoms with van der Waals surface area (Å²) >= 11 is 0. The number of carbonyl (C=O) groups is 2. The van der Waals surface area contributed by atoms with E-state index >= 15 is 0 Å². The van der Waals surface area contributed by atoms with Gasteiger partial charge in [0.15, 0.2) is 0 Å². The van der Waals surface area contributed by atoms with E-state index in [-0.39, 0.29) is 5.92 Å². The van der Waals surface area contributed by atoms with Gasteiger partial charge in [-0.25, -0.2) is 4.79 Å². The molecule has 0 aliphatic rings. The predicted molar refractivity (Wildman–Crippen MR) is 73.1 cm³/mol. The van der Waals surface area contributed by atoms with Crippen LogP contribution in [0, 0.1) is 5.92 Å². The molecule has 0 aromatic rings. The molecule has 0 saturated carbocycles. The minimum Gasteiger partial charge on any atom is -0.481 e. The molecule has 4 nitrogen and oxygen atoms in total. The first-order valence-corrected chi connectivity index (χ1v) is 7.19. The summed E-state index contributed by atoms with van der Waals surface area (Å²) in [5, 5.41) is 15.9. The Morgan fingerprint density at radius 1 is 0.952 bits per heavy atom. The van der Waals surface area contributed by atoms with E-state index in [1.54, 1.807) is 0 Å². The average molecular weight is 314 g/mol. The van der Waals surface area contributed by atoms with Gasteiger partial charge in [-0.15, -0.1) is 0 Å². The molecule has 126 valence electrons. The summed E-state index contributed by atoms with van der Waals surface area (Å²) in [7, 11) is 0. The molecular formula is C14H25F3O4. The van der Waals surface area contributed by atoms with Crippen LogP contribution in [-0.2, 0) is 9.59 Å². The Morgan fingerprint density at radius 2 is 1.38 bits per heavy atom. The summed E-state index contributed by atoms with van der Waals surface area (Å²) in [5.74, 6) is -3.49. The number of carboxylic acids is 2. The van der Waals surface area contributed by atoms with Gasteiger partial charge >= 0.3 is 18.1 Å². The number of rotatable bonds is 9. The fourth-order valence-electron chi connectivity index (χ4n) is 1.67. The van der Waals surface area contributed by atoms with Crippen molar-refractivity contribution in [1.82, 2.24) is 0 Å². The smallest absolute Gasteiger partial charge is 0.481 e. The Bertz CT molecular complexity index is 290. The van der Waals surface area contributed by atoms with Crippen LogP contribution in [0.2, 0.25) is 0 Å². The lowest BCUT2D eigenvalue weighted by Gasteiger charge is -2.08. The Balaban J connectivity index is 0. The summed E-state index contributed by atoms with van der Waals surface area (Å²) in [6.45, 7) is 4.16. The second kappa shape index (κ2) is 12.5.